The van der Waals surface area contributed by atoms with Crippen LogP contribution in [0.4, 0.5) is 20.2 Å². The maximum Gasteiger partial charge on any atom is 0.387 e. The number of anilines is 1. The third-order valence-electron chi connectivity index (χ3n) is 3.39. The number of nitro benzene ring substituents is 1. The number of carbonyl (C=O) groups excluding carboxylic acids is 2. The summed E-state index contributed by atoms with van der Waals surface area (Å²) in [6.07, 6.45) is 0. The van der Waals surface area contributed by atoms with Crippen LogP contribution in [-0.4, -0.2) is 36.6 Å². The summed E-state index contributed by atoms with van der Waals surface area (Å²) >= 11 is 0. The lowest BCUT2D eigenvalue weighted by Crippen LogP contribution is -2.21. The summed E-state index contributed by atoms with van der Waals surface area (Å²) in [5.41, 5.74) is -0.261. The Kier molecular flexibility index (Phi) is 7.40. The van der Waals surface area contributed by atoms with Crippen molar-refractivity contribution in [2.75, 3.05) is 18.5 Å². The Labute approximate surface area is 163 Å². The molecule has 9 nitrogen and oxygen atoms in total. The first-order chi connectivity index (χ1) is 13.8. The quantitative estimate of drug-likeness (QED) is 0.382. The van der Waals surface area contributed by atoms with Crippen molar-refractivity contribution < 1.29 is 37.5 Å². The first-order valence-electron chi connectivity index (χ1n) is 8.23. The van der Waals surface area contributed by atoms with Crippen molar-refractivity contribution in [3.05, 3.63) is 58.1 Å². The Morgan fingerprint density at radius 1 is 1.17 bits per heavy atom. The highest BCUT2D eigenvalue weighted by Gasteiger charge is 2.20. The monoisotopic (exact) mass is 410 g/mol. The number of ether oxygens (including phenoxy) is 3. The minimum Gasteiger partial charge on any atom is -0.487 e. The molecule has 2 aromatic rings. The highest BCUT2D eigenvalue weighted by Crippen LogP contribution is 2.28. The molecule has 1 N–H and O–H groups in total. The van der Waals surface area contributed by atoms with Gasteiger partial charge in [0.1, 0.15) is 5.75 Å². The molecule has 0 aromatic heterocycles. The smallest absolute Gasteiger partial charge is 0.387 e. The standard InChI is InChI=1S/C18H16F2N2O7/c1-2-27-15-8-3-11(9-14(15)22(25)26)17(24)28-10-16(23)21-12-4-6-13(7-5-12)29-18(19)20/h3-9,18H,2,10H2,1H3,(H,21,23). The van der Waals surface area contributed by atoms with E-state index in [1.165, 1.54) is 36.4 Å². The van der Waals surface area contributed by atoms with Crippen LogP contribution in [0.3, 0.4) is 0 Å². The molecule has 0 fully saturated rings. The number of esters is 1. The molecule has 0 saturated carbocycles. The number of nitrogens with one attached hydrogen (secondary N) is 1. The molecule has 11 heteroatoms. The van der Waals surface area contributed by atoms with Gasteiger partial charge >= 0.3 is 18.3 Å². The van der Waals surface area contributed by atoms with Gasteiger partial charge in [0, 0.05) is 11.8 Å². The molecule has 0 radical (unpaired) electrons. The van der Waals surface area contributed by atoms with Gasteiger partial charge in [0.2, 0.25) is 0 Å². The Morgan fingerprint density at radius 2 is 1.86 bits per heavy atom. The molecule has 0 unspecified atom stereocenters. The maximum atomic E-state index is 12.1. The number of carbonyl (C=O) groups is 2. The fourth-order valence-electron chi connectivity index (χ4n) is 2.20. The second-order valence-corrected chi connectivity index (χ2v) is 5.40. The molecule has 1 amide bonds. The molecule has 0 atom stereocenters. The van der Waals surface area contributed by atoms with Crippen LogP contribution in [0.1, 0.15) is 17.3 Å². The van der Waals surface area contributed by atoms with Gasteiger partial charge in [0.05, 0.1) is 17.1 Å². The number of benzene rings is 2. The van der Waals surface area contributed by atoms with Gasteiger partial charge in [0.15, 0.2) is 12.4 Å². The summed E-state index contributed by atoms with van der Waals surface area (Å²) in [6.45, 7) is -1.76. The number of rotatable bonds is 9. The fraction of sp³-hybridized carbons (Fsp3) is 0.222. The van der Waals surface area contributed by atoms with Crippen molar-refractivity contribution >= 4 is 23.3 Å². The van der Waals surface area contributed by atoms with Crippen molar-refractivity contribution in [1.29, 1.82) is 0 Å². The van der Waals surface area contributed by atoms with Crippen LogP contribution < -0.4 is 14.8 Å². The van der Waals surface area contributed by atoms with Gasteiger partial charge in [-0.1, -0.05) is 0 Å². The van der Waals surface area contributed by atoms with Gasteiger partial charge in [-0.25, -0.2) is 4.79 Å². The van der Waals surface area contributed by atoms with E-state index in [1.54, 1.807) is 6.92 Å². The molecule has 0 aliphatic rings. The number of nitrogens with zero attached hydrogens (tertiary/aromatic N) is 1. The molecule has 2 rings (SSSR count). The van der Waals surface area contributed by atoms with E-state index in [-0.39, 0.29) is 29.4 Å². The van der Waals surface area contributed by atoms with Gasteiger partial charge in [0.25, 0.3) is 5.91 Å². The second kappa shape index (κ2) is 9.97. The summed E-state index contributed by atoms with van der Waals surface area (Å²) in [6, 6.07) is 8.65. The Bertz CT molecular complexity index is 888. The maximum absolute atomic E-state index is 12.1. The van der Waals surface area contributed by atoms with Gasteiger partial charge in [-0.05, 0) is 43.3 Å². The fourth-order valence-corrected chi connectivity index (χ4v) is 2.20. The van der Waals surface area contributed by atoms with Crippen molar-refractivity contribution in [2.24, 2.45) is 0 Å². The lowest BCUT2D eigenvalue weighted by Gasteiger charge is -2.09. The summed E-state index contributed by atoms with van der Waals surface area (Å²) < 4.78 is 38.3. The van der Waals surface area contributed by atoms with E-state index in [0.717, 1.165) is 6.07 Å². The van der Waals surface area contributed by atoms with Crippen LogP contribution in [0, 0.1) is 10.1 Å². The van der Waals surface area contributed by atoms with Gasteiger partial charge < -0.3 is 19.5 Å². The third-order valence-corrected chi connectivity index (χ3v) is 3.39. The van der Waals surface area contributed by atoms with Crippen LogP contribution in [0.2, 0.25) is 0 Å². The van der Waals surface area contributed by atoms with Crippen LogP contribution in [0.15, 0.2) is 42.5 Å². The van der Waals surface area contributed by atoms with Crippen LogP contribution in [0.25, 0.3) is 0 Å². The molecular formula is C18H16F2N2O7. The zero-order valence-electron chi connectivity index (χ0n) is 15.1. The molecule has 154 valence electrons. The largest absolute Gasteiger partial charge is 0.487 e. The molecule has 0 bridgehead atoms. The Balaban J connectivity index is 1.93. The Hall–Kier alpha value is -3.76. The van der Waals surface area contributed by atoms with Crippen molar-refractivity contribution in [3.8, 4) is 11.5 Å². The normalized spacial score (nSPS) is 10.3. The predicted octanol–water partition coefficient (Wildman–Crippen LogP) is 3.39. The lowest BCUT2D eigenvalue weighted by atomic mass is 10.2. The van der Waals surface area contributed by atoms with Crippen molar-refractivity contribution in [3.63, 3.8) is 0 Å². The minimum atomic E-state index is -2.96. The average Bonchev–Trinajstić information content (AvgIpc) is 2.67. The number of alkyl halides is 2. The van der Waals surface area contributed by atoms with E-state index in [4.69, 9.17) is 9.47 Å². The molecule has 0 aliphatic carbocycles. The number of hydrogen-bond donors (Lipinski definition) is 1. The molecule has 29 heavy (non-hydrogen) atoms. The Morgan fingerprint density at radius 3 is 2.45 bits per heavy atom. The number of nitro groups is 1. The summed E-state index contributed by atoms with van der Waals surface area (Å²) in [5, 5.41) is 13.5. The van der Waals surface area contributed by atoms with Crippen LogP contribution in [-0.2, 0) is 9.53 Å². The van der Waals surface area contributed by atoms with Crippen LogP contribution >= 0.6 is 0 Å². The SMILES string of the molecule is CCOc1ccc(C(=O)OCC(=O)Nc2ccc(OC(F)F)cc2)cc1[N+](=O)[O-]. The van der Waals surface area contributed by atoms with E-state index in [1.807, 2.05) is 0 Å². The predicted molar refractivity (Wildman–Crippen MR) is 96.3 cm³/mol. The third kappa shape index (κ3) is 6.41. The first-order valence-corrected chi connectivity index (χ1v) is 8.23. The van der Waals surface area contributed by atoms with E-state index in [0.29, 0.717) is 0 Å². The molecule has 0 spiro atoms. The molecule has 0 heterocycles. The minimum absolute atomic E-state index is 0.00561. The van der Waals surface area contributed by atoms with Crippen LogP contribution in [0.5, 0.6) is 11.5 Å². The number of amides is 1. The zero-order valence-corrected chi connectivity index (χ0v) is 15.1. The molecule has 2 aromatic carbocycles. The van der Waals surface area contributed by atoms with Gasteiger partial charge in [-0.2, -0.15) is 8.78 Å². The lowest BCUT2D eigenvalue weighted by molar-refractivity contribution is -0.385. The average molecular weight is 410 g/mol. The van der Waals surface area contributed by atoms with Gasteiger partial charge in [-0.15, -0.1) is 0 Å². The number of halogens is 2. The van der Waals surface area contributed by atoms with E-state index < -0.39 is 35.7 Å². The number of hydrogen-bond acceptors (Lipinski definition) is 7. The highest BCUT2D eigenvalue weighted by atomic mass is 19.3. The van der Waals surface area contributed by atoms with Crippen molar-refractivity contribution in [1.82, 2.24) is 0 Å². The molecule has 0 saturated heterocycles. The zero-order chi connectivity index (χ0) is 21.4. The first kappa shape index (κ1) is 21.5. The summed E-state index contributed by atoms with van der Waals surface area (Å²) in [4.78, 5) is 34.3. The van der Waals surface area contributed by atoms with Gasteiger partial charge in [-0.3, -0.25) is 14.9 Å². The summed E-state index contributed by atoms with van der Waals surface area (Å²) in [7, 11) is 0. The topological polar surface area (TPSA) is 117 Å². The highest BCUT2D eigenvalue weighted by molar-refractivity contribution is 5.96. The molecular weight excluding hydrogens is 394 g/mol. The van der Waals surface area contributed by atoms with Crippen molar-refractivity contribution in [2.45, 2.75) is 13.5 Å². The van der Waals surface area contributed by atoms with E-state index in [9.17, 15) is 28.5 Å². The van der Waals surface area contributed by atoms with E-state index in [2.05, 4.69) is 10.1 Å². The summed E-state index contributed by atoms with van der Waals surface area (Å²) in [5.74, 6) is -1.71. The van der Waals surface area contributed by atoms with E-state index >= 15 is 0 Å². The second-order valence-electron chi connectivity index (χ2n) is 5.40. The molecule has 0 aliphatic heterocycles.